The van der Waals surface area contributed by atoms with E-state index in [9.17, 15) is 4.79 Å². The molecule has 1 unspecified atom stereocenters. The van der Waals surface area contributed by atoms with Gasteiger partial charge in [-0.1, -0.05) is 5.92 Å². The van der Waals surface area contributed by atoms with Crippen LogP contribution in [0.25, 0.3) is 0 Å². The molecule has 3 heteroatoms. The fourth-order valence-electron chi connectivity index (χ4n) is 0.602. The molecule has 1 amide bonds. The summed E-state index contributed by atoms with van der Waals surface area (Å²) in [6, 6.07) is -0.166. The Hall–Kier alpha value is -1.01. The number of amides is 1. The Morgan fingerprint density at radius 3 is 2.73 bits per heavy atom. The van der Waals surface area contributed by atoms with Gasteiger partial charge in [-0.2, -0.15) is 0 Å². The lowest BCUT2D eigenvalue weighted by atomic mass is 10.3. The highest BCUT2D eigenvalue weighted by Crippen LogP contribution is 1.78. The van der Waals surface area contributed by atoms with Gasteiger partial charge >= 0.3 is 0 Å². The molecule has 3 nitrogen and oxygen atoms in total. The summed E-state index contributed by atoms with van der Waals surface area (Å²) in [7, 11) is 1.62. The molecule has 0 rings (SSSR count). The average molecular weight is 154 g/mol. The molecule has 0 heterocycles. The lowest BCUT2D eigenvalue weighted by Gasteiger charge is -2.08. The lowest BCUT2D eigenvalue weighted by molar-refractivity contribution is -0.122. The van der Waals surface area contributed by atoms with E-state index in [1.807, 2.05) is 0 Å². The number of nitrogens with one attached hydrogen (secondary N) is 2. The summed E-state index contributed by atoms with van der Waals surface area (Å²) >= 11 is 0. The van der Waals surface area contributed by atoms with E-state index in [0.29, 0.717) is 6.54 Å². The summed E-state index contributed by atoms with van der Waals surface area (Å²) in [6.45, 7) is 4.13. The van der Waals surface area contributed by atoms with Gasteiger partial charge in [0, 0.05) is 7.05 Å². The fraction of sp³-hybridized carbons (Fsp3) is 0.625. The van der Waals surface area contributed by atoms with Crippen molar-refractivity contribution < 1.29 is 4.79 Å². The Kier molecular flexibility index (Phi) is 5.22. The van der Waals surface area contributed by atoms with Gasteiger partial charge in [-0.15, -0.1) is 5.92 Å². The standard InChI is InChI=1S/C8H14N2O/c1-4-5-6-10-7(2)8(11)9-3/h7,10H,6H2,1-3H3,(H,9,11). The van der Waals surface area contributed by atoms with Gasteiger partial charge in [0.2, 0.25) is 5.91 Å². The normalized spacial score (nSPS) is 11.2. The molecule has 11 heavy (non-hydrogen) atoms. The number of hydrogen-bond donors (Lipinski definition) is 2. The van der Waals surface area contributed by atoms with Crippen molar-refractivity contribution in [3.8, 4) is 11.8 Å². The second-order valence-electron chi connectivity index (χ2n) is 2.14. The molecule has 0 aliphatic heterocycles. The first kappa shape index (κ1) is 9.99. The Balaban J connectivity index is 3.57. The summed E-state index contributed by atoms with van der Waals surface area (Å²) in [4.78, 5) is 10.9. The minimum atomic E-state index is -0.166. The molecule has 0 spiro atoms. The molecule has 0 radical (unpaired) electrons. The van der Waals surface area contributed by atoms with E-state index in [2.05, 4.69) is 22.5 Å². The first-order chi connectivity index (χ1) is 5.22. The summed E-state index contributed by atoms with van der Waals surface area (Å²) < 4.78 is 0. The monoisotopic (exact) mass is 154 g/mol. The smallest absolute Gasteiger partial charge is 0.236 e. The van der Waals surface area contributed by atoms with Crippen LogP contribution in [0, 0.1) is 11.8 Å². The van der Waals surface area contributed by atoms with Gasteiger partial charge in [-0.05, 0) is 13.8 Å². The maximum Gasteiger partial charge on any atom is 0.236 e. The van der Waals surface area contributed by atoms with Crippen LogP contribution in [0.15, 0.2) is 0 Å². The highest BCUT2D eigenvalue weighted by atomic mass is 16.2. The van der Waals surface area contributed by atoms with Gasteiger partial charge < -0.3 is 5.32 Å². The van der Waals surface area contributed by atoms with Gasteiger partial charge in [-0.3, -0.25) is 10.1 Å². The molecule has 0 aromatic carbocycles. The van der Waals surface area contributed by atoms with Gasteiger partial charge in [0.1, 0.15) is 0 Å². The second-order valence-corrected chi connectivity index (χ2v) is 2.14. The van der Waals surface area contributed by atoms with Crippen LogP contribution >= 0.6 is 0 Å². The number of carbonyl (C=O) groups is 1. The van der Waals surface area contributed by atoms with Crippen LogP contribution in [0.2, 0.25) is 0 Å². The largest absolute Gasteiger partial charge is 0.358 e. The van der Waals surface area contributed by atoms with E-state index in [1.54, 1.807) is 20.9 Å². The Bertz CT molecular complexity index is 178. The molecule has 2 N–H and O–H groups in total. The molecule has 0 bridgehead atoms. The average Bonchev–Trinajstić information content (AvgIpc) is 2.03. The van der Waals surface area contributed by atoms with E-state index >= 15 is 0 Å². The van der Waals surface area contributed by atoms with Crippen molar-refractivity contribution in [3.63, 3.8) is 0 Å². The first-order valence-corrected chi connectivity index (χ1v) is 3.57. The van der Waals surface area contributed by atoms with Crippen molar-refractivity contribution in [1.82, 2.24) is 10.6 Å². The zero-order valence-corrected chi connectivity index (χ0v) is 7.19. The van der Waals surface area contributed by atoms with Crippen LogP contribution in [-0.4, -0.2) is 25.5 Å². The zero-order valence-electron chi connectivity index (χ0n) is 7.19. The highest BCUT2D eigenvalue weighted by Gasteiger charge is 2.07. The van der Waals surface area contributed by atoms with Gasteiger partial charge in [0.25, 0.3) is 0 Å². The summed E-state index contributed by atoms with van der Waals surface area (Å²) in [5.41, 5.74) is 0. The third kappa shape index (κ3) is 4.40. The Morgan fingerprint density at radius 1 is 1.64 bits per heavy atom. The molecule has 0 aromatic heterocycles. The molecule has 0 saturated carbocycles. The maximum atomic E-state index is 10.9. The molecule has 62 valence electrons. The Labute approximate surface area is 67.6 Å². The van der Waals surface area contributed by atoms with Crippen molar-refractivity contribution in [1.29, 1.82) is 0 Å². The van der Waals surface area contributed by atoms with E-state index in [0.717, 1.165) is 0 Å². The third-order valence-corrected chi connectivity index (χ3v) is 1.31. The Morgan fingerprint density at radius 2 is 2.27 bits per heavy atom. The second kappa shape index (κ2) is 5.75. The molecule has 1 atom stereocenters. The van der Waals surface area contributed by atoms with Gasteiger partial charge in [0.05, 0.1) is 12.6 Å². The topological polar surface area (TPSA) is 41.1 Å². The summed E-state index contributed by atoms with van der Waals surface area (Å²) in [5, 5.41) is 5.49. The van der Waals surface area contributed by atoms with Crippen LogP contribution in [0.4, 0.5) is 0 Å². The summed E-state index contributed by atoms with van der Waals surface area (Å²) in [6.07, 6.45) is 0. The molecule has 0 fully saturated rings. The maximum absolute atomic E-state index is 10.9. The van der Waals surface area contributed by atoms with E-state index < -0.39 is 0 Å². The van der Waals surface area contributed by atoms with Crippen LogP contribution in [0.1, 0.15) is 13.8 Å². The van der Waals surface area contributed by atoms with Crippen molar-refractivity contribution in [2.45, 2.75) is 19.9 Å². The predicted octanol–water partition coefficient (Wildman–Crippen LogP) is -0.266. The van der Waals surface area contributed by atoms with Crippen molar-refractivity contribution in [3.05, 3.63) is 0 Å². The quantitative estimate of drug-likeness (QED) is 0.550. The van der Waals surface area contributed by atoms with Gasteiger partial charge in [0.15, 0.2) is 0 Å². The van der Waals surface area contributed by atoms with Crippen LogP contribution in [0.5, 0.6) is 0 Å². The number of carbonyl (C=O) groups excluding carboxylic acids is 1. The van der Waals surface area contributed by atoms with Crippen molar-refractivity contribution >= 4 is 5.91 Å². The molecule has 0 aromatic rings. The molecular formula is C8H14N2O. The molecular weight excluding hydrogens is 140 g/mol. The highest BCUT2D eigenvalue weighted by molar-refractivity contribution is 5.80. The van der Waals surface area contributed by atoms with Crippen molar-refractivity contribution in [2.75, 3.05) is 13.6 Å². The first-order valence-electron chi connectivity index (χ1n) is 3.57. The lowest BCUT2D eigenvalue weighted by Crippen LogP contribution is -2.40. The summed E-state index contributed by atoms with van der Waals surface area (Å²) in [5.74, 6) is 5.54. The third-order valence-electron chi connectivity index (χ3n) is 1.31. The van der Waals surface area contributed by atoms with Crippen LogP contribution < -0.4 is 10.6 Å². The molecule has 0 aliphatic carbocycles. The molecule has 0 aliphatic rings. The van der Waals surface area contributed by atoms with E-state index in [-0.39, 0.29) is 11.9 Å². The van der Waals surface area contributed by atoms with Crippen LogP contribution in [-0.2, 0) is 4.79 Å². The predicted molar refractivity (Wildman–Crippen MR) is 45.0 cm³/mol. The van der Waals surface area contributed by atoms with Crippen molar-refractivity contribution in [2.24, 2.45) is 0 Å². The number of likely N-dealkylation sites (N-methyl/N-ethyl adjacent to an activating group) is 1. The zero-order chi connectivity index (χ0) is 8.69. The van der Waals surface area contributed by atoms with Crippen LogP contribution in [0.3, 0.4) is 0 Å². The number of rotatable bonds is 3. The minimum Gasteiger partial charge on any atom is -0.358 e. The molecule has 0 saturated heterocycles. The fourth-order valence-corrected chi connectivity index (χ4v) is 0.602. The number of hydrogen-bond acceptors (Lipinski definition) is 2. The SMILES string of the molecule is CC#CCNC(C)C(=O)NC. The van der Waals surface area contributed by atoms with Gasteiger partial charge in [-0.25, -0.2) is 0 Å². The van der Waals surface area contributed by atoms with E-state index in [4.69, 9.17) is 0 Å². The minimum absolute atomic E-state index is 0.0112. The van der Waals surface area contributed by atoms with E-state index in [1.165, 1.54) is 0 Å².